The maximum absolute atomic E-state index is 10.2. The Labute approximate surface area is 86.8 Å². The van der Waals surface area contributed by atoms with Gasteiger partial charge in [0.05, 0.1) is 5.60 Å². The summed E-state index contributed by atoms with van der Waals surface area (Å²) in [6, 6.07) is 10.2. The molecule has 0 unspecified atom stereocenters. The second-order valence-corrected chi connectivity index (χ2v) is 4.61. The summed E-state index contributed by atoms with van der Waals surface area (Å²) < 4.78 is 0. The van der Waals surface area contributed by atoms with Crippen LogP contribution in [-0.4, -0.2) is 10.7 Å². The zero-order valence-corrected chi connectivity index (χ0v) is 9.54. The monoisotopic (exact) mass is 192 g/mol. The predicted octanol–water partition coefficient (Wildman–Crippen LogP) is 3.13. The third kappa shape index (κ3) is 1.83. The van der Waals surface area contributed by atoms with E-state index in [-0.39, 0.29) is 5.41 Å². The van der Waals surface area contributed by atoms with Crippen LogP contribution in [0.3, 0.4) is 0 Å². The Hall–Kier alpha value is -0.820. The van der Waals surface area contributed by atoms with Crippen molar-refractivity contribution < 1.29 is 5.11 Å². The molecule has 0 saturated carbocycles. The Kier molecular flexibility index (Phi) is 3.01. The fourth-order valence-electron chi connectivity index (χ4n) is 1.80. The summed E-state index contributed by atoms with van der Waals surface area (Å²) >= 11 is 0. The van der Waals surface area contributed by atoms with Gasteiger partial charge in [0.2, 0.25) is 0 Å². The van der Waals surface area contributed by atoms with Crippen LogP contribution in [0.5, 0.6) is 0 Å². The standard InChI is InChI=1S/C13H20O/c1-5-13(4,12(2,3)14)11-9-7-6-8-10-11/h6-10,14H,5H2,1-4H3/t13-/m0/s1. The molecular weight excluding hydrogens is 172 g/mol. The van der Waals surface area contributed by atoms with Crippen molar-refractivity contribution in [3.05, 3.63) is 35.9 Å². The fourth-order valence-corrected chi connectivity index (χ4v) is 1.80. The van der Waals surface area contributed by atoms with E-state index in [9.17, 15) is 5.11 Å². The molecule has 0 radical (unpaired) electrons. The number of benzene rings is 1. The molecule has 0 saturated heterocycles. The van der Waals surface area contributed by atoms with Gasteiger partial charge in [-0.2, -0.15) is 0 Å². The molecule has 0 amide bonds. The van der Waals surface area contributed by atoms with Gasteiger partial charge < -0.3 is 5.11 Å². The van der Waals surface area contributed by atoms with E-state index in [1.807, 2.05) is 32.0 Å². The minimum Gasteiger partial charge on any atom is -0.390 e. The van der Waals surface area contributed by atoms with Crippen molar-refractivity contribution in [3.63, 3.8) is 0 Å². The highest BCUT2D eigenvalue weighted by Gasteiger charge is 2.39. The lowest BCUT2D eigenvalue weighted by molar-refractivity contribution is -0.00107. The lowest BCUT2D eigenvalue weighted by Crippen LogP contribution is -2.44. The maximum Gasteiger partial charge on any atom is 0.0685 e. The molecule has 0 spiro atoms. The van der Waals surface area contributed by atoms with Gasteiger partial charge in [-0.1, -0.05) is 44.2 Å². The third-order valence-corrected chi connectivity index (χ3v) is 3.47. The molecule has 0 heterocycles. The summed E-state index contributed by atoms with van der Waals surface area (Å²) in [6.07, 6.45) is 0.931. The Morgan fingerprint density at radius 1 is 1.07 bits per heavy atom. The number of aliphatic hydroxyl groups is 1. The van der Waals surface area contributed by atoms with Crippen LogP contribution in [0.1, 0.15) is 39.7 Å². The van der Waals surface area contributed by atoms with Crippen molar-refractivity contribution in [2.75, 3.05) is 0 Å². The van der Waals surface area contributed by atoms with Gasteiger partial charge in [-0.25, -0.2) is 0 Å². The van der Waals surface area contributed by atoms with Gasteiger partial charge in [0, 0.05) is 5.41 Å². The van der Waals surface area contributed by atoms with Crippen molar-refractivity contribution in [3.8, 4) is 0 Å². The first-order valence-electron chi connectivity index (χ1n) is 5.19. The number of hydrogen-bond acceptors (Lipinski definition) is 1. The molecule has 0 fully saturated rings. The summed E-state index contributed by atoms with van der Waals surface area (Å²) in [5.41, 5.74) is 0.340. The van der Waals surface area contributed by atoms with E-state index in [1.165, 1.54) is 5.56 Å². The van der Waals surface area contributed by atoms with Crippen molar-refractivity contribution in [1.29, 1.82) is 0 Å². The molecule has 78 valence electrons. The van der Waals surface area contributed by atoms with E-state index in [2.05, 4.69) is 26.0 Å². The van der Waals surface area contributed by atoms with Gasteiger partial charge in [-0.3, -0.25) is 0 Å². The second kappa shape index (κ2) is 3.74. The average Bonchev–Trinajstić information content (AvgIpc) is 2.16. The van der Waals surface area contributed by atoms with Crippen molar-refractivity contribution in [1.82, 2.24) is 0 Å². The first kappa shape index (κ1) is 11.3. The van der Waals surface area contributed by atoms with Crippen molar-refractivity contribution in [2.24, 2.45) is 0 Å². The lowest BCUT2D eigenvalue weighted by Gasteiger charge is -2.40. The maximum atomic E-state index is 10.2. The van der Waals surface area contributed by atoms with Gasteiger partial charge >= 0.3 is 0 Å². The molecule has 0 aromatic heterocycles. The van der Waals surface area contributed by atoms with E-state index in [0.717, 1.165) is 6.42 Å². The first-order valence-corrected chi connectivity index (χ1v) is 5.19. The van der Waals surface area contributed by atoms with Gasteiger partial charge in [-0.05, 0) is 25.8 Å². The Bertz CT molecular complexity index is 284. The molecular formula is C13H20O. The molecule has 14 heavy (non-hydrogen) atoms. The zero-order chi connectivity index (χ0) is 10.8. The van der Waals surface area contributed by atoms with Crippen LogP contribution < -0.4 is 0 Å². The lowest BCUT2D eigenvalue weighted by atomic mass is 9.68. The minimum absolute atomic E-state index is 0.172. The number of rotatable bonds is 3. The Morgan fingerprint density at radius 3 is 1.93 bits per heavy atom. The molecule has 1 nitrogen and oxygen atoms in total. The van der Waals surface area contributed by atoms with E-state index in [4.69, 9.17) is 0 Å². The van der Waals surface area contributed by atoms with Crippen LogP contribution in [0.2, 0.25) is 0 Å². The minimum atomic E-state index is -0.691. The van der Waals surface area contributed by atoms with Gasteiger partial charge in [0.25, 0.3) is 0 Å². The van der Waals surface area contributed by atoms with E-state index < -0.39 is 5.60 Å². The largest absolute Gasteiger partial charge is 0.390 e. The Balaban J connectivity index is 3.15. The smallest absolute Gasteiger partial charge is 0.0685 e. The summed E-state index contributed by atoms with van der Waals surface area (Å²) in [7, 11) is 0. The molecule has 0 aliphatic heterocycles. The summed E-state index contributed by atoms with van der Waals surface area (Å²) in [4.78, 5) is 0. The zero-order valence-electron chi connectivity index (χ0n) is 9.54. The van der Waals surface area contributed by atoms with E-state index >= 15 is 0 Å². The highest BCUT2D eigenvalue weighted by molar-refractivity contribution is 5.27. The molecule has 1 N–H and O–H groups in total. The van der Waals surface area contributed by atoms with Crippen LogP contribution in [0.4, 0.5) is 0 Å². The molecule has 1 rings (SSSR count). The second-order valence-electron chi connectivity index (χ2n) is 4.61. The molecule has 1 atom stereocenters. The summed E-state index contributed by atoms with van der Waals surface area (Å²) in [6.45, 7) is 7.99. The van der Waals surface area contributed by atoms with Gasteiger partial charge in [0.15, 0.2) is 0 Å². The Morgan fingerprint density at radius 2 is 1.57 bits per heavy atom. The summed E-state index contributed by atoms with van der Waals surface area (Å²) in [5, 5.41) is 10.2. The van der Waals surface area contributed by atoms with Gasteiger partial charge in [0.1, 0.15) is 0 Å². The van der Waals surface area contributed by atoms with Crippen molar-refractivity contribution in [2.45, 2.75) is 45.1 Å². The average molecular weight is 192 g/mol. The molecule has 0 aliphatic carbocycles. The van der Waals surface area contributed by atoms with Crippen molar-refractivity contribution >= 4 is 0 Å². The molecule has 1 heteroatoms. The van der Waals surface area contributed by atoms with Crippen LogP contribution in [0.25, 0.3) is 0 Å². The van der Waals surface area contributed by atoms with E-state index in [1.54, 1.807) is 0 Å². The highest BCUT2D eigenvalue weighted by Crippen LogP contribution is 2.37. The predicted molar refractivity (Wildman–Crippen MR) is 60.4 cm³/mol. The molecule has 0 aliphatic rings. The molecule has 0 bridgehead atoms. The van der Waals surface area contributed by atoms with E-state index in [0.29, 0.717) is 0 Å². The number of hydrogen-bond donors (Lipinski definition) is 1. The third-order valence-electron chi connectivity index (χ3n) is 3.47. The SMILES string of the molecule is CC[C@@](C)(c1ccccc1)C(C)(C)O. The van der Waals surface area contributed by atoms with Crippen LogP contribution in [0.15, 0.2) is 30.3 Å². The fraction of sp³-hybridized carbons (Fsp3) is 0.538. The first-order chi connectivity index (χ1) is 6.42. The van der Waals surface area contributed by atoms with Crippen LogP contribution >= 0.6 is 0 Å². The topological polar surface area (TPSA) is 20.2 Å². The van der Waals surface area contributed by atoms with Crippen LogP contribution in [-0.2, 0) is 5.41 Å². The van der Waals surface area contributed by atoms with Gasteiger partial charge in [-0.15, -0.1) is 0 Å². The molecule has 1 aromatic rings. The molecule has 1 aromatic carbocycles. The van der Waals surface area contributed by atoms with Crippen LogP contribution in [0, 0.1) is 0 Å². The quantitative estimate of drug-likeness (QED) is 0.780. The normalized spacial score (nSPS) is 16.4. The highest BCUT2D eigenvalue weighted by atomic mass is 16.3. The summed E-state index contributed by atoms with van der Waals surface area (Å²) in [5.74, 6) is 0.